The molecule has 0 aliphatic rings. The molecule has 0 saturated carbocycles. The van der Waals surface area contributed by atoms with Gasteiger partial charge < -0.3 is 49.5 Å². The van der Waals surface area contributed by atoms with Gasteiger partial charge in [-0.25, -0.2) is 9.59 Å². The predicted octanol–water partition coefficient (Wildman–Crippen LogP) is 2.23. The van der Waals surface area contributed by atoms with Crippen molar-refractivity contribution < 1.29 is 52.7 Å². The summed E-state index contributed by atoms with van der Waals surface area (Å²) in [5.41, 5.74) is -1.29. The summed E-state index contributed by atoms with van der Waals surface area (Å²) in [6, 6.07) is -0.808. The number of unbranched alkanes of at least 4 members (excludes halogenated alkanes) is 1. The van der Waals surface area contributed by atoms with E-state index in [-0.39, 0.29) is 32.1 Å². The molecule has 0 aromatic heterocycles. The molecule has 0 fully saturated rings. The van der Waals surface area contributed by atoms with Crippen molar-refractivity contribution in [3.8, 4) is 0 Å². The molecular formula is C27H51N3O11. The standard InChI is InChI=1S/C27H51N3O11/c1-26(2,3)40-24(34)29-11-8-7-9-21(30-25(35)41-27(4,5)6)23(33)28-12-14-37-16-18-39-20-19-38-17-15-36-13-10-22(31)32/h21H,7-20H2,1-6H3,(H,28,33)(H,29,34)(H,30,35)(H,31,32). The molecule has 0 aromatic rings. The van der Waals surface area contributed by atoms with E-state index in [9.17, 15) is 19.2 Å². The maximum absolute atomic E-state index is 12.7. The monoisotopic (exact) mass is 593 g/mol. The summed E-state index contributed by atoms with van der Waals surface area (Å²) in [6.07, 6.45) is 0.285. The first kappa shape index (κ1) is 38.3. The average molecular weight is 594 g/mol. The number of hydrogen-bond acceptors (Lipinski definition) is 10. The van der Waals surface area contributed by atoms with Gasteiger partial charge in [-0.15, -0.1) is 0 Å². The zero-order chi connectivity index (χ0) is 31.2. The highest BCUT2D eigenvalue weighted by Gasteiger charge is 2.24. The van der Waals surface area contributed by atoms with Crippen LogP contribution < -0.4 is 16.0 Å². The average Bonchev–Trinajstić information content (AvgIpc) is 2.82. The largest absolute Gasteiger partial charge is 0.481 e. The number of ether oxygens (including phenoxy) is 6. The lowest BCUT2D eigenvalue weighted by molar-refractivity contribution is -0.138. The van der Waals surface area contributed by atoms with Crippen molar-refractivity contribution in [3.05, 3.63) is 0 Å². The maximum atomic E-state index is 12.7. The second-order valence-electron chi connectivity index (χ2n) is 11.0. The lowest BCUT2D eigenvalue weighted by Gasteiger charge is -2.23. The molecule has 240 valence electrons. The van der Waals surface area contributed by atoms with Crippen LogP contribution in [-0.4, -0.2) is 112 Å². The lowest BCUT2D eigenvalue weighted by atomic mass is 10.1. The van der Waals surface area contributed by atoms with Crippen LogP contribution in [0.5, 0.6) is 0 Å². The van der Waals surface area contributed by atoms with Crippen LogP contribution in [0.3, 0.4) is 0 Å². The number of nitrogens with one attached hydrogen (secondary N) is 3. The summed E-state index contributed by atoms with van der Waals surface area (Å²) >= 11 is 0. The second kappa shape index (κ2) is 22.0. The van der Waals surface area contributed by atoms with Crippen LogP contribution in [0.4, 0.5) is 9.59 Å². The van der Waals surface area contributed by atoms with Gasteiger partial charge in [0.2, 0.25) is 5.91 Å². The van der Waals surface area contributed by atoms with Crippen molar-refractivity contribution in [1.29, 1.82) is 0 Å². The first-order valence-electron chi connectivity index (χ1n) is 14.0. The number of aliphatic carboxylic acids is 1. The summed E-state index contributed by atoms with van der Waals surface area (Å²) in [5.74, 6) is -1.26. The van der Waals surface area contributed by atoms with Gasteiger partial charge in [0.15, 0.2) is 0 Å². The fraction of sp³-hybridized carbons (Fsp3) is 0.852. The van der Waals surface area contributed by atoms with Crippen molar-refractivity contribution >= 4 is 24.1 Å². The molecule has 0 bridgehead atoms. The van der Waals surface area contributed by atoms with Gasteiger partial charge in [-0.3, -0.25) is 9.59 Å². The van der Waals surface area contributed by atoms with Gasteiger partial charge in [-0.05, 0) is 60.8 Å². The van der Waals surface area contributed by atoms with E-state index in [0.29, 0.717) is 65.4 Å². The molecule has 1 unspecified atom stereocenters. The molecule has 1 atom stereocenters. The molecule has 0 aliphatic heterocycles. The van der Waals surface area contributed by atoms with Crippen molar-refractivity contribution in [1.82, 2.24) is 16.0 Å². The molecule has 0 aromatic carbocycles. The summed E-state index contributed by atoms with van der Waals surface area (Å²) in [4.78, 5) is 47.1. The molecule has 0 spiro atoms. The van der Waals surface area contributed by atoms with Gasteiger partial charge in [0.25, 0.3) is 0 Å². The fourth-order valence-corrected chi connectivity index (χ4v) is 2.99. The van der Waals surface area contributed by atoms with Crippen LogP contribution in [-0.2, 0) is 38.0 Å². The number of alkyl carbamates (subject to hydrolysis) is 2. The molecule has 14 nitrogen and oxygen atoms in total. The highest BCUT2D eigenvalue weighted by Crippen LogP contribution is 2.09. The van der Waals surface area contributed by atoms with Gasteiger partial charge in [-0.1, -0.05) is 0 Å². The molecule has 41 heavy (non-hydrogen) atoms. The molecule has 0 radical (unpaired) electrons. The Morgan fingerprint density at radius 3 is 1.63 bits per heavy atom. The Labute approximate surface area is 243 Å². The van der Waals surface area contributed by atoms with Crippen LogP contribution in [0, 0.1) is 0 Å². The Morgan fingerprint density at radius 2 is 1.12 bits per heavy atom. The van der Waals surface area contributed by atoms with E-state index in [1.54, 1.807) is 41.5 Å². The van der Waals surface area contributed by atoms with Crippen molar-refractivity contribution in [2.45, 2.75) is 84.5 Å². The van der Waals surface area contributed by atoms with Crippen LogP contribution in [0.1, 0.15) is 67.2 Å². The first-order chi connectivity index (χ1) is 19.2. The van der Waals surface area contributed by atoms with Crippen LogP contribution in [0.25, 0.3) is 0 Å². The summed E-state index contributed by atoms with van der Waals surface area (Å²) in [6.45, 7) is 13.7. The third kappa shape index (κ3) is 27.3. The fourth-order valence-electron chi connectivity index (χ4n) is 2.99. The Morgan fingerprint density at radius 1 is 0.634 bits per heavy atom. The Kier molecular flexibility index (Phi) is 20.5. The van der Waals surface area contributed by atoms with Crippen molar-refractivity contribution in [2.24, 2.45) is 0 Å². The lowest BCUT2D eigenvalue weighted by Crippen LogP contribution is -2.48. The zero-order valence-electron chi connectivity index (χ0n) is 25.5. The number of carboxylic acid groups (broad SMARTS) is 1. The number of hydrogen-bond donors (Lipinski definition) is 4. The maximum Gasteiger partial charge on any atom is 0.408 e. The molecule has 0 aliphatic carbocycles. The molecule has 0 rings (SSSR count). The number of carbonyl (C=O) groups is 4. The summed E-state index contributed by atoms with van der Waals surface area (Å²) in [5, 5.41) is 16.5. The number of amides is 3. The molecule has 4 N–H and O–H groups in total. The van der Waals surface area contributed by atoms with Crippen molar-refractivity contribution in [3.63, 3.8) is 0 Å². The van der Waals surface area contributed by atoms with Gasteiger partial charge in [0.1, 0.15) is 17.2 Å². The Bertz CT molecular complexity index is 752. The third-order valence-corrected chi connectivity index (χ3v) is 4.72. The molecule has 0 heterocycles. The van der Waals surface area contributed by atoms with Gasteiger partial charge in [0.05, 0.1) is 59.3 Å². The van der Waals surface area contributed by atoms with E-state index in [4.69, 9.17) is 33.5 Å². The summed E-state index contributed by atoms with van der Waals surface area (Å²) < 4.78 is 31.7. The minimum atomic E-state index is -0.901. The Balaban J connectivity index is 4.15. The second-order valence-corrected chi connectivity index (χ2v) is 11.0. The topological polar surface area (TPSA) is 180 Å². The van der Waals surface area contributed by atoms with E-state index in [0.717, 1.165) is 0 Å². The predicted molar refractivity (Wildman–Crippen MR) is 150 cm³/mol. The van der Waals surface area contributed by atoms with E-state index in [2.05, 4.69) is 16.0 Å². The van der Waals surface area contributed by atoms with Crippen LogP contribution >= 0.6 is 0 Å². The number of carbonyl (C=O) groups excluding carboxylic acids is 3. The van der Waals surface area contributed by atoms with Gasteiger partial charge in [0, 0.05) is 13.1 Å². The Hall–Kier alpha value is -2.68. The molecule has 3 amide bonds. The molecule has 0 saturated heterocycles. The van der Waals surface area contributed by atoms with E-state index in [1.165, 1.54) is 0 Å². The minimum Gasteiger partial charge on any atom is -0.481 e. The minimum absolute atomic E-state index is 0.0347. The van der Waals surface area contributed by atoms with Gasteiger partial charge >= 0.3 is 18.2 Å². The van der Waals surface area contributed by atoms with Crippen LogP contribution in [0.15, 0.2) is 0 Å². The summed E-state index contributed by atoms with van der Waals surface area (Å²) in [7, 11) is 0. The number of rotatable bonds is 22. The van der Waals surface area contributed by atoms with Gasteiger partial charge in [-0.2, -0.15) is 0 Å². The highest BCUT2D eigenvalue weighted by atomic mass is 16.6. The quantitative estimate of drug-likeness (QED) is 0.135. The number of carboxylic acids is 1. The highest BCUT2D eigenvalue weighted by molar-refractivity contribution is 5.85. The third-order valence-electron chi connectivity index (χ3n) is 4.72. The molecular weight excluding hydrogens is 542 g/mol. The molecule has 14 heteroatoms. The van der Waals surface area contributed by atoms with E-state index >= 15 is 0 Å². The zero-order valence-corrected chi connectivity index (χ0v) is 25.5. The first-order valence-corrected chi connectivity index (χ1v) is 14.0. The van der Waals surface area contributed by atoms with Crippen LogP contribution in [0.2, 0.25) is 0 Å². The smallest absolute Gasteiger partial charge is 0.408 e. The van der Waals surface area contributed by atoms with Crippen molar-refractivity contribution in [2.75, 3.05) is 65.9 Å². The van der Waals surface area contributed by atoms with E-state index < -0.39 is 35.4 Å². The SMILES string of the molecule is CC(C)(C)OC(=O)NCCCCC(NC(=O)OC(C)(C)C)C(=O)NCCOCCOCCOCCOCCC(=O)O. The van der Waals surface area contributed by atoms with E-state index in [1.807, 2.05) is 0 Å². The normalized spacial score (nSPS) is 12.3.